The smallest absolute Gasteiger partial charge is 0.355 e. The van der Waals surface area contributed by atoms with E-state index in [4.69, 9.17) is 21.4 Å². The average Bonchev–Trinajstić information content (AvgIpc) is 3.22. The minimum Gasteiger partial charge on any atom is -0.488 e. The third-order valence-electron chi connectivity index (χ3n) is 5.15. The molecular formula is C18H19ClN2O4S. The van der Waals surface area contributed by atoms with Crippen LogP contribution in [0.4, 0.5) is 5.13 Å². The van der Waals surface area contributed by atoms with Crippen molar-refractivity contribution in [2.24, 2.45) is 11.8 Å². The van der Waals surface area contributed by atoms with Crippen molar-refractivity contribution in [3.8, 4) is 5.75 Å². The summed E-state index contributed by atoms with van der Waals surface area (Å²) in [5, 5.41) is 22.5. The molecule has 0 radical (unpaired) electrons. The number of hydrogen-bond acceptors (Lipinski definition) is 6. The number of thiazole rings is 1. The molecule has 4 atom stereocenters. The molecule has 1 aromatic heterocycles. The van der Waals surface area contributed by atoms with Crippen LogP contribution in [0.25, 0.3) is 0 Å². The Labute approximate surface area is 160 Å². The highest BCUT2D eigenvalue weighted by atomic mass is 35.5. The van der Waals surface area contributed by atoms with Crippen LogP contribution in [0.2, 0.25) is 5.02 Å². The van der Waals surface area contributed by atoms with Gasteiger partial charge in [-0.25, -0.2) is 9.78 Å². The molecule has 0 bridgehead atoms. The van der Waals surface area contributed by atoms with E-state index in [1.54, 1.807) is 17.5 Å². The number of anilines is 1. The second kappa shape index (κ2) is 7.06. The van der Waals surface area contributed by atoms with E-state index in [0.717, 1.165) is 24.6 Å². The fraction of sp³-hybridized carbons (Fsp3) is 0.444. The third-order valence-corrected chi connectivity index (χ3v) is 6.29. The lowest BCUT2D eigenvalue weighted by molar-refractivity contribution is -0.0231. The molecule has 0 spiro atoms. The summed E-state index contributed by atoms with van der Waals surface area (Å²) in [5.74, 6) is 0.413. The van der Waals surface area contributed by atoms with Crippen molar-refractivity contribution in [2.45, 2.75) is 25.0 Å². The number of aliphatic hydroxyl groups is 1. The zero-order valence-corrected chi connectivity index (χ0v) is 15.5. The molecule has 4 rings (SSSR count). The van der Waals surface area contributed by atoms with Crippen LogP contribution in [-0.4, -0.2) is 46.5 Å². The van der Waals surface area contributed by atoms with Gasteiger partial charge in [0.25, 0.3) is 0 Å². The maximum Gasteiger partial charge on any atom is 0.355 e. The van der Waals surface area contributed by atoms with Crippen molar-refractivity contribution < 1.29 is 19.7 Å². The fourth-order valence-corrected chi connectivity index (χ4v) is 4.90. The number of aromatic carboxylic acids is 1. The SMILES string of the molecule is O=C(O)c1csc(N2C[C@H]3C[C@@H](Oc4cccc(Cl)c4)[C@H](O)C[C@H]3C2)n1. The van der Waals surface area contributed by atoms with E-state index in [1.165, 1.54) is 11.3 Å². The predicted molar refractivity (Wildman–Crippen MR) is 99.4 cm³/mol. The summed E-state index contributed by atoms with van der Waals surface area (Å²) in [6.45, 7) is 1.59. The van der Waals surface area contributed by atoms with Crippen LogP contribution < -0.4 is 9.64 Å². The number of benzene rings is 1. The number of nitrogens with zero attached hydrogens (tertiary/aromatic N) is 2. The number of aliphatic hydroxyl groups excluding tert-OH is 1. The van der Waals surface area contributed by atoms with Gasteiger partial charge in [0.15, 0.2) is 10.8 Å². The second-order valence-corrected chi connectivity index (χ2v) is 8.17. The van der Waals surface area contributed by atoms with E-state index in [0.29, 0.717) is 29.0 Å². The van der Waals surface area contributed by atoms with Gasteiger partial charge in [-0.2, -0.15) is 0 Å². The molecule has 0 unspecified atom stereocenters. The Kier molecular flexibility index (Phi) is 4.77. The first kappa shape index (κ1) is 17.6. The lowest BCUT2D eigenvalue weighted by atomic mass is 9.78. The summed E-state index contributed by atoms with van der Waals surface area (Å²) in [6.07, 6.45) is 0.636. The van der Waals surface area contributed by atoms with Gasteiger partial charge in [0.05, 0.1) is 6.10 Å². The topological polar surface area (TPSA) is 82.9 Å². The van der Waals surface area contributed by atoms with Crippen molar-refractivity contribution >= 4 is 34.0 Å². The number of fused-ring (bicyclic) bond motifs is 1. The number of halogens is 1. The van der Waals surface area contributed by atoms with Gasteiger partial charge in [0.1, 0.15) is 11.9 Å². The number of hydrogen-bond donors (Lipinski definition) is 2. The lowest BCUT2D eigenvalue weighted by Gasteiger charge is -2.35. The Hall–Kier alpha value is -1.83. The van der Waals surface area contributed by atoms with Crippen LogP contribution >= 0.6 is 22.9 Å². The lowest BCUT2D eigenvalue weighted by Crippen LogP contribution is -2.42. The molecule has 2 fully saturated rings. The molecule has 1 saturated heterocycles. The Balaban J connectivity index is 1.43. The molecule has 1 aliphatic carbocycles. The van der Waals surface area contributed by atoms with Crippen molar-refractivity contribution in [1.29, 1.82) is 0 Å². The maximum atomic E-state index is 11.0. The van der Waals surface area contributed by atoms with Crippen molar-refractivity contribution in [2.75, 3.05) is 18.0 Å². The van der Waals surface area contributed by atoms with Crippen molar-refractivity contribution in [3.63, 3.8) is 0 Å². The zero-order valence-electron chi connectivity index (χ0n) is 13.9. The minimum absolute atomic E-state index is 0.0853. The van der Waals surface area contributed by atoms with Crippen molar-refractivity contribution in [1.82, 2.24) is 4.98 Å². The Morgan fingerprint density at radius 2 is 2.08 bits per heavy atom. The molecular weight excluding hydrogens is 376 g/mol. The molecule has 2 heterocycles. The number of carboxylic acids is 1. The Morgan fingerprint density at radius 1 is 1.31 bits per heavy atom. The molecule has 2 N–H and O–H groups in total. The molecule has 1 aromatic carbocycles. The first-order valence-electron chi connectivity index (χ1n) is 8.53. The molecule has 1 saturated carbocycles. The summed E-state index contributed by atoms with van der Waals surface area (Å²) >= 11 is 7.35. The van der Waals surface area contributed by atoms with E-state index >= 15 is 0 Å². The summed E-state index contributed by atoms with van der Waals surface area (Å²) in [7, 11) is 0. The van der Waals surface area contributed by atoms with E-state index < -0.39 is 12.1 Å². The molecule has 6 nitrogen and oxygen atoms in total. The first-order valence-corrected chi connectivity index (χ1v) is 9.79. The molecule has 138 valence electrons. The first-order chi connectivity index (χ1) is 12.5. The van der Waals surface area contributed by atoms with E-state index in [9.17, 15) is 9.90 Å². The van der Waals surface area contributed by atoms with Crippen molar-refractivity contribution in [3.05, 3.63) is 40.4 Å². The van der Waals surface area contributed by atoms with Crippen LogP contribution in [0.1, 0.15) is 23.3 Å². The van der Waals surface area contributed by atoms with Crippen LogP contribution in [-0.2, 0) is 0 Å². The summed E-state index contributed by atoms with van der Waals surface area (Å²) < 4.78 is 5.99. The standard InChI is InChI=1S/C18H19ClN2O4S/c19-12-2-1-3-13(6-12)25-16-5-11-8-21(7-10(11)4-15(16)22)18-20-14(9-26-18)17(23)24/h1-3,6,9-11,15-16,22H,4-5,7-8H2,(H,23,24)/t10-,11+,15+,16+/m0/s1. The van der Waals surface area contributed by atoms with Crippen LogP contribution in [0.15, 0.2) is 29.6 Å². The van der Waals surface area contributed by atoms with E-state index in [-0.39, 0.29) is 11.8 Å². The Morgan fingerprint density at radius 3 is 2.77 bits per heavy atom. The monoisotopic (exact) mass is 394 g/mol. The maximum absolute atomic E-state index is 11.0. The highest BCUT2D eigenvalue weighted by molar-refractivity contribution is 7.13. The molecule has 2 aromatic rings. The number of aromatic nitrogens is 1. The van der Waals surface area contributed by atoms with Crippen LogP contribution in [0.3, 0.4) is 0 Å². The van der Waals surface area contributed by atoms with Gasteiger partial charge in [-0.15, -0.1) is 11.3 Å². The molecule has 1 aliphatic heterocycles. The number of carboxylic acid groups (broad SMARTS) is 1. The van der Waals surface area contributed by atoms with Gasteiger partial charge in [0.2, 0.25) is 0 Å². The summed E-state index contributed by atoms with van der Waals surface area (Å²) in [6, 6.07) is 7.21. The fourth-order valence-electron chi connectivity index (χ4n) is 3.90. The van der Waals surface area contributed by atoms with Gasteiger partial charge in [-0.1, -0.05) is 17.7 Å². The molecule has 26 heavy (non-hydrogen) atoms. The van der Waals surface area contributed by atoms with Gasteiger partial charge in [0, 0.05) is 23.5 Å². The number of carbonyl (C=O) groups is 1. The van der Waals surface area contributed by atoms with E-state index in [2.05, 4.69) is 9.88 Å². The van der Waals surface area contributed by atoms with Gasteiger partial charge < -0.3 is 19.8 Å². The van der Waals surface area contributed by atoms with E-state index in [1.807, 2.05) is 12.1 Å². The van der Waals surface area contributed by atoms with Gasteiger partial charge >= 0.3 is 5.97 Å². The number of ether oxygens (including phenoxy) is 1. The van der Waals surface area contributed by atoms with Crippen LogP contribution in [0, 0.1) is 11.8 Å². The third kappa shape index (κ3) is 3.51. The second-order valence-electron chi connectivity index (χ2n) is 6.90. The largest absolute Gasteiger partial charge is 0.488 e. The Bertz CT molecular complexity index is 814. The predicted octanol–water partition coefficient (Wildman–Crippen LogP) is 3.15. The van der Waals surface area contributed by atoms with Gasteiger partial charge in [-0.05, 0) is 42.9 Å². The average molecular weight is 395 g/mol. The highest BCUT2D eigenvalue weighted by Gasteiger charge is 2.43. The normalized spacial score (nSPS) is 28.0. The van der Waals surface area contributed by atoms with Crippen LogP contribution in [0.5, 0.6) is 5.75 Å². The number of rotatable bonds is 4. The minimum atomic E-state index is -1.01. The highest BCUT2D eigenvalue weighted by Crippen LogP contribution is 2.40. The van der Waals surface area contributed by atoms with Gasteiger partial charge in [-0.3, -0.25) is 0 Å². The summed E-state index contributed by atoms with van der Waals surface area (Å²) in [4.78, 5) is 17.4. The quantitative estimate of drug-likeness (QED) is 0.828. The summed E-state index contributed by atoms with van der Waals surface area (Å²) in [5.41, 5.74) is 0.0853. The molecule has 8 heteroatoms. The molecule has 2 aliphatic rings. The molecule has 0 amide bonds. The zero-order chi connectivity index (χ0) is 18.3.